The average molecular weight is 335 g/mol. The van der Waals surface area contributed by atoms with E-state index in [0.717, 1.165) is 11.1 Å². The topological polar surface area (TPSA) is 29.1 Å². The van der Waals surface area contributed by atoms with E-state index >= 15 is 0 Å². The van der Waals surface area contributed by atoms with Crippen molar-refractivity contribution < 1.29 is 4.79 Å². The normalized spacial score (nSPS) is 12.8. The average Bonchev–Trinajstić information content (AvgIpc) is 2.54. The third-order valence-corrected chi connectivity index (χ3v) is 4.17. The van der Waals surface area contributed by atoms with Gasteiger partial charge in [0.2, 0.25) is 0 Å². The predicted octanol–water partition coefficient (Wildman–Crippen LogP) is 5.80. The van der Waals surface area contributed by atoms with Gasteiger partial charge in [0.15, 0.2) is 0 Å². The van der Waals surface area contributed by atoms with Crippen LogP contribution >= 0.6 is 0 Å². The molecule has 25 heavy (non-hydrogen) atoms. The van der Waals surface area contributed by atoms with Crippen molar-refractivity contribution in [2.45, 2.75) is 47.1 Å². The van der Waals surface area contributed by atoms with Crippen LogP contribution in [0.3, 0.4) is 0 Å². The van der Waals surface area contributed by atoms with E-state index in [1.165, 1.54) is 5.57 Å². The van der Waals surface area contributed by atoms with Crippen molar-refractivity contribution in [3.05, 3.63) is 77.4 Å². The lowest BCUT2D eigenvalue weighted by Gasteiger charge is -2.27. The molecule has 0 aliphatic carbocycles. The molecule has 0 heterocycles. The van der Waals surface area contributed by atoms with E-state index in [1.807, 2.05) is 68.4 Å². The van der Waals surface area contributed by atoms with Gasteiger partial charge in [-0.25, -0.2) is 0 Å². The second-order valence-electron chi connectivity index (χ2n) is 8.22. The second kappa shape index (κ2) is 7.26. The molecule has 0 aliphatic heterocycles. The van der Waals surface area contributed by atoms with Crippen molar-refractivity contribution in [2.75, 3.05) is 0 Å². The lowest BCUT2D eigenvalue weighted by Crippen LogP contribution is -2.40. The van der Waals surface area contributed by atoms with Crippen LogP contribution in [0.2, 0.25) is 0 Å². The molecule has 0 unspecified atom stereocenters. The Morgan fingerprint density at radius 1 is 0.840 bits per heavy atom. The number of hydrogen-bond acceptors (Lipinski definition) is 1. The number of rotatable bonds is 4. The standard InChI is InChI=1S/C23H29NO/c1-17(16-22(2,3)4)18-12-14-19(15-13-18)21(25)24-23(5,6)20-10-8-7-9-11-20/h7-16H,1-6H3,(H,24,25)/b17-16+. The Morgan fingerprint density at radius 3 is 1.88 bits per heavy atom. The Morgan fingerprint density at radius 2 is 1.36 bits per heavy atom. The molecule has 2 rings (SSSR count). The summed E-state index contributed by atoms with van der Waals surface area (Å²) >= 11 is 0. The maximum Gasteiger partial charge on any atom is 0.251 e. The van der Waals surface area contributed by atoms with Gasteiger partial charge < -0.3 is 5.32 Å². The van der Waals surface area contributed by atoms with Crippen molar-refractivity contribution in [2.24, 2.45) is 5.41 Å². The number of benzene rings is 2. The number of hydrogen-bond donors (Lipinski definition) is 1. The quantitative estimate of drug-likeness (QED) is 0.751. The number of allylic oxidation sites excluding steroid dienone is 2. The highest BCUT2D eigenvalue weighted by molar-refractivity contribution is 5.95. The molecular weight excluding hydrogens is 306 g/mol. The third kappa shape index (κ3) is 5.32. The zero-order valence-corrected chi connectivity index (χ0v) is 16.2. The summed E-state index contributed by atoms with van der Waals surface area (Å²) in [5.74, 6) is -0.0575. The van der Waals surface area contributed by atoms with E-state index in [0.29, 0.717) is 5.56 Å². The van der Waals surface area contributed by atoms with Gasteiger partial charge in [-0.05, 0) is 55.0 Å². The number of nitrogens with one attached hydrogen (secondary N) is 1. The van der Waals surface area contributed by atoms with Gasteiger partial charge in [0.05, 0.1) is 5.54 Å². The van der Waals surface area contributed by atoms with Crippen molar-refractivity contribution in [1.82, 2.24) is 5.32 Å². The van der Waals surface area contributed by atoms with Crippen LogP contribution in [0.1, 0.15) is 63.0 Å². The van der Waals surface area contributed by atoms with Gasteiger partial charge in [-0.15, -0.1) is 0 Å². The molecule has 0 radical (unpaired) electrons. The highest BCUT2D eigenvalue weighted by atomic mass is 16.1. The van der Waals surface area contributed by atoms with Crippen LogP contribution in [0.25, 0.3) is 5.57 Å². The molecule has 0 saturated heterocycles. The fourth-order valence-electron chi connectivity index (χ4n) is 2.90. The predicted molar refractivity (Wildman–Crippen MR) is 106 cm³/mol. The Balaban J connectivity index is 2.15. The minimum absolute atomic E-state index is 0.0575. The monoisotopic (exact) mass is 335 g/mol. The fourth-order valence-corrected chi connectivity index (χ4v) is 2.90. The van der Waals surface area contributed by atoms with Crippen molar-refractivity contribution in [3.8, 4) is 0 Å². The van der Waals surface area contributed by atoms with E-state index in [4.69, 9.17) is 0 Å². The zero-order chi connectivity index (χ0) is 18.7. The van der Waals surface area contributed by atoms with Crippen LogP contribution in [-0.2, 0) is 5.54 Å². The first-order chi connectivity index (χ1) is 11.6. The van der Waals surface area contributed by atoms with Crippen LogP contribution < -0.4 is 5.32 Å². The summed E-state index contributed by atoms with van der Waals surface area (Å²) in [7, 11) is 0. The van der Waals surface area contributed by atoms with Crippen molar-refractivity contribution in [3.63, 3.8) is 0 Å². The van der Waals surface area contributed by atoms with Crippen LogP contribution in [0.15, 0.2) is 60.7 Å². The van der Waals surface area contributed by atoms with Gasteiger partial charge in [-0.2, -0.15) is 0 Å². The number of carbonyl (C=O) groups excluding carboxylic acids is 1. The van der Waals surface area contributed by atoms with Crippen LogP contribution in [0.4, 0.5) is 0 Å². The molecule has 0 spiro atoms. The van der Waals surface area contributed by atoms with E-state index in [9.17, 15) is 4.79 Å². The van der Waals surface area contributed by atoms with E-state index in [2.05, 4.69) is 39.1 Å². The van der Waals surface area contributed by atoms with Gasteiger partial charge >= 0.3 is 0 Å². The first kappa shape index (κ1) is 19.0. The minimum Gasteiger partial charge on any atom is -0.343 e. The SMILES string of the molecule is C/C(=C\C(C)(C)C)c1ccc(C(=O)NC(C)(C)c2ccccc2)cc1. The minimum atomic E-state index is -0.418. The summed E-state index contributed by atoms with van der Waals surface area (Å²) in [6.45, 7) is 12.7. The highest BCUT2D eigenvalue weighted by Gasteiger charge is 2.23. The fraction of sp³-hybridized carbons (Fsp3) is 0.348. The molecule has 0 saturated carbocycles. The summed E-state index contributed by atoms with van der Waals surface area (Å²) in [6, 6.07) is 17.8. The highest BCUT2D eigenvalue weighted by Crippen LogP contribution is 2.24. The Hall–Kier alpha value is -2.35. The first-order valence-electron chi connectivity index (χ1n) is 8.76. The third-order valence-electron chi connectivity index (χ3n) is 4.17. The largest absolute Gasteiger partial charge is 0.343 e. The van der Waals surface area contributed by atoms with Crippen LogP contribution in [0.5, 0.6) is 0 Å². The zero-order valence-electron chi connectivity index (χ0n) is 16.2. The van der Waals surface area contributed by atoms with Gasteiger partial charge in [0, 0.05) is 5.56 Å². The Bertz CT molecular complexity index is 747. The van der Waals surface area contributed by atoms with Gasteiger partial charge in [0.1, 0.15) is 0 Å². The Kier molecular flexibility index (Phi) is 5.52. The first-order valence-corrected chi connectivity index (χ1v) is 8.76. The second-order valence-corrected chi connectivity index (χ2v) is 8.22. The molecule has 0 atom stereocenters. The maximum atomic E-state index is 12.6. The molecule has 2 nitrogen and oxygen atoms in total. The van der Waals surface area contributed by atoms with Gasteiger partial charge in [-0.3, -0.25) is 4.79 Å². The molecule has 2 heteroatoms. The molecule has 0 bridgehead atoms. The summed E-state index contributed by atoms with van der Waals surface area (Å²) < 4.78 is 0. The van der Waals surface area contributed by atoms with Crippen LogP contribution in [0, 0.1) is 5.41 Å². The van der Waals surface area contributed by atoms with Crippen LogP contribution in [-0.4, -0.2) is 5.91 Å². The van der Waals surface area contributed by atoms with E-state index in [1.54, 1.807) is 0 Å². The van der Waals surface area contributed by atoms with E-state index < -0.39 is 5.54 Å². The molecule has 0 fully saturated rings. The molecule has 1 N–H and O–H groups in total. The van der Waals surface area contributed by atoms with E-state index in [-0.39, 0.29) is 11.3 Å². The molecular formula is C23H29NO. The molecule has 2 aromatic carbocycles. The molecule has 132 valence electrons. The Labute approximate surface area is 152 Å². The number of carbonyl (C=O) groups is 1. The molecule has 0 aliphatic rings. The summed E-state index contributed by atoms with van der Waals surface area (Å²) in [5.41, 5.74) is 3.86. The maximum absolute atomic E-state index is 12.6. The molecule has 2 aromatic rings. The molecule has 0 aromatic heterocycles. The summed E-state index contributed by atoms with van der Waals surface area (Å²) in [5, 5.41) is 3.12. The van der Waals surface area contributed by atoms with Gasteiger partial charge in [0.25, 0.3) is 5.91 Å². The lowest BCUT2D eigenvalue weighted by atomic mass is 9.91. The molecule has 1 amide bonds. The summed E-state index contributed by atoms with van der Waals surface area (Å²) in [6.07, 6.45) is 2.25. The van der Waals surface area contributed by atoms with Crippen molar-refractivity contribution in [1.29, 1.82) is 0 Å². The summed E-state index contributed by atoms with van der Waals surface area (Å²) in [4.78, 5) is 12.6. The smallest absolute Gasteiger partial charge is 0.251 e. The van der Waals surface area contributed by atoms with Crippen molar-refractivity contribution >= 4 is 11.5 Å². The van der Waals surface area contributed by atoms with Gasteiger partial charge in [-0.1, -0.05) is 69.3 Å². The number of amides is 1. The lowest BCUT2D eigenvalue weighted by molar-refractivity contribution is 0.0912.